The molecule has 7 heteroatoms. The third-order valence-corrected chi connectivity index (χ3v) is 4.16. The summed E-state index contributed by atoms with van der Waals surface area (Å²) in [7, 11) is 0. The predicted octanol–water partition coefficient (Wildman–Crippen LogP) is 2.35. The summed E-state index contributed by atoms with van der Waals surface area (Å²) in [6.07, 6.45) is 6.47. The lowest BCUT2D eigenvalue weighted by Crippen LogP contribution is -2.35. The zero-order chi connectivity index (χ0) is 17.9. The second kappa shape index (κ2) is 6.72. The molecule has 0 unspecified atom stereocenters. The van der Waals surface area contributed by atoms with Crippen molar-refractivity contribution in [3.8, 4) is 11.4 Å². The van der Waals surface area contributed by atoms with E-state index >= 15 is 0 Å². The molecule has 26 heavy (non-hydrogen) atoms. The van der Waals surface area contributed by atoms with Gasteiger partial charge in [-0.3, -0.25) is 14.6 Å². The molecule has 1 atom stereocenters. The van der Waals surface area contributed by atoms with Crippen LogP contribution in [-0.2, 0) is 4.79 Å². The van der Waals surface area contributed by atoms with Crippen LogP contribution in [-0.4, -0.2) is 26.8 Å². The van der Waals surface area contributed by atoms with Gasteiger partial charge >= 0.3 is 0 Å². The molecule has 0 spiro atoms. The molecule has 0 saturated heterocycles. The Morgan fingerprint density at radius 1 is 1.08 bits per heavy atom. The second-order valence-corrected chi connectivity index (χ2v) is 5.90. The number of rotatable bonds is 3. The monoisotopic (exact) mass is 345 g/mol. The van der Waals surface area contributed by atoms with Gasteiger partial charge in [0.1, 0.15) is 0 Å². The standard InChI is InChI=1S/C19H15N5O2/c25-17-9-16(14-3-1-2-4-15(14)23-17)24-19(26)13-10-21-18(22-11-13)12-5-7-20-8-6-12/h1-8,10-11,16H,9H2,(H,23,25)(H,24,26)/t16-/m1/s1. The fourth-order valence-corrected chi connectivity index (χ4v) is 2.88. The quantitative estimate of drug-likeness (QED) is 0.759. The van der Waals surface area contributed by atoms with E-state index in [0.717, 1.165) is 16.8 Å². The third-order valence-electron chi connectivity index (χ3n) is 4.16. The normalized spacial score (nSPS) is 15.7. The maximum absolute atomic E-state index is 12.5. The molecule has 0 saturated carbocycles. The third kappa shape index (κ3) is 3.14. The molecular formula is C19H15N5O2. The number of benzene rings is 1. The van der Waals surface area contributed by atoms with E-state index in [1.807, 2.05) is 24.3 Å². The van der Waals surface area contributed by atoms with Crippen molar-refractivity contribution in [3.63, 3.8) is 0 Å². The van der Waals surface area contributed by atoms with Gasteiger partial charge in [-0.1, -0.05) is 18.2 Å². The number of nitrogens with one attached hydrogen (secondary N) is 2. The van der Waals surface area contributed by atoms with Crippen molar-refractivity contribution in [2.45, 2.75) is 12.5 Å². The topological polar surface area (TPSA) is 96.9 Å². The highest BCUT2D eigenvalue weighted by atomic mass is 16.2. The largest absolute Gasteiger partial charge is 0.345 e. The predicted molar refractivity (Wildman–Crippen MR) is 95.2 cm³/mol. The second-order valence-electron chi connectivity index (χ2n) is 5.90. The lowest BCUT2D eigenvalue weighted by atomic mass is 9.97. The highest BCUT2D eigenvalue weighted by Crippen LogP contribution is 2.30. The van der Waals surface area contributed by atoms with Crippen molar-refractivity contribution in [2.24, 2.45) is 0 Å². The number of anilines is 1. The Hall–Kier alpha value is -3.61. The molecule has 1 aromatic carbocycles. The average molecular weight is 345 g/mol. The number of nitrogens with zero attached hydrogens (tertiary/aromatic N) is 3. The van der Waals surface area contributed by atoms with Crippen LogP contribution in [0.25, 0.3) is 11.4 Å². The van der Waals surface area contributed by atoms with Gasteiger partial charge in [-0.05, 0) is 23.8 Å². The molecule has 2 amide bonds. The summed E-state index contributed by atoms with van der Waals surface area (Å²) in [5, 5.41) is 5.70. The summed E-state index contributed by atoms with van der Waals surface area (Å²) in [6, 6.07) is 10.6. The molecule has 1 aliphatic rings. The molecule has 2 N–H and O–H groups in total. The van der Waals surface area contributed by atoms with Crippen LogP contribution in [0.4, 0.5) is 5.69 Å². The number of hydrogen-bond acceptors (Lipinski definition) is 5. The first-order chi connectivity index (χ1) is 12.7. The van der Waals surface area contributed by atoms with Crippen LogP contribution in [0, 0.1) is 0 Å². The first kappa shape index (κ1) is 15.9. The van der Waals surface area contributed by atoms with Crippen LogP contribution in [0.1, 0.15) is 28.4 Å². The number of carbonyl (C=O) groups excluding carboxylic acids is 2. The molecule has 2 aromatic heterocycles. The van der Waals surface area contributed by atoms with Crippen molar-refractivity contribution in [3.05, 3.63) is 72.3 Å². The number of aromatic nitrogens is 3. The Kier molecular flexibility index (Phi) is 4.10. The van der Waals surface area contributed by atoms with Crippen LogP contribution < -0.4 is 10.6 Å². The van der Waals surface area contributed by atoms with E-state index in [0.29, 0.717) is 11.4 Å². The van der Waals surface area contributed by atoms with Crippen molar-refractivity contribution in [1.29, 1.82) is 0 Å². The Bertz CT molecular complexity index is 957. The Balaban J connectivity index is 1.53. The number of fused-ring (bicyclic) bond motifs is 1. The fraction of sp³-hybridized carbons (Fsp3) is 0.105. The van der Waals surface area contributed by atoms with Crippen molar-refractivity contribution in [2.75, 3.05) is 5.32 Å². The zero-order valence-corrected chi connectivity index (χ0v) is 13.7. The van der Waals surface area contributed by atoms with Gasteiger partial charge in [0, 0.05) is 36.0 Å². The molecule has 3 aromatic rings. The maximum Gasteiger partial charge on any atom is 0.254 e. The minimum Gasteiger partial charge on any atom is -0.345 e. The first-order valence-electron chi connectivity index (χ1n) is 8.13. The molecule has 0 bridgehead atoms. The van der Waals surface area contributed by atoms with Gasteiger partial charge in [0.2, 0.25) is 5.91 Å². The molecule has 0 fully saturated rings. The number of hydrogen-bond donors (Lipinski definition) is 2. The molecule has 128 valence electrons. The lowest BCUT2D eigenvalue weighted by Gasteiger charge is -2.26. The molecule has 3 heterocycles. The summed E-state index contributed by atoms with van der Waals surface area (Å²) in [5.41, 5.74) is 2.77. The van der Waals surface area contributed by atoms with Gasteiger partial charge in [-0.25, -0.2) is 9.97 Å². The van der Waals surface area contributed by atoms with Gasteiger partial charge in [0.05, 0.1) is 18.0 Å². The van der Waals surface area contributed by atoms with Crippen LogP contribution in [0.15, 0.2) is 61.2 Å². The van der Waals surface area contributed by atoms with Gasteiger partial charge in [0.15, 0.2) is 5.82 Å². The number of pyridine rings is 1. The van der Waals surface area contributed by atoms with Crippen LogP contribution in [0.3, 0.4) is 0 Å². The van der Waals surface area contributed by atoms with Gasteiger partial charge < -0.3 is 10.6 Å². The number of amides is 2. The van der Waals surface area contributed by atoms with E-state index < -0.39 is 0 Å². The summed E-state index contributed by atoms with van der Waals surface area (Å²) in [4.78, 5) is 36.8. The minimum absolute atomic E-state index is 0.127. The molecule has 4 rings (SSSR count). The number of carbonyl (C=O) groups is 2. The summed E-state index contributed by atoms with van der Waals surface area (Å²) >= 11 is 0. The van der Waals surface area contributed by atoms with Crippen LogP contribution in [0.2, 0.25) is 0 Å². The van der Waals surface area contributed by atoms with Gasteiger partial charge in [0.25, 0.3) is 5.91 Å². The maximum atomic E-state index is 12.5. The van der Waals surface area contributed by atoms with Crippen LogP contribution in [0.5, 0.6) is 0 Å². The molecule has 0 radical (unpaired) electrons. The zero-order valence-electron chi connectivity index (χ0n) is 13.7. The highest BCUT2D eigenvalue weighted by molar-refractivity contribution is 5.97. The summed E-state index contributed by atoms with van der Waals surface area (Å²) in [5.74, 6) is 0.0745. The molecular weight excluding hydrogens is 330 g/mol. The van der Waals surface area contributed by atoms with Crippen LogP contribution >= 0.6 is 0 Å². The van der Waals surface area contributed by atoms with E-state index in [1.54, 1.807) is 24.5 Å². The van der Waals surface area contributed by atoms with E-state index in [9.17, 15) is 9.59 Å². The van der Waals surface area contributed by atoms with Crippen molar-refractivity contribution in [1.82, 2.24) is 20.3 Å². The van der Waals surface area contributed by atoms with Crippen molar-refractivity contribution >= 4 is 17.5 Å². The first-order valence-corrected chi connectivity index (χ1v) is 8.13. The fourth-order valence-electron chi connectivity index (χ4n) is 2.88. The minimum atomic E-state index is -0.382. The van der Waals surface area contributed by atoms with E-state index in [4.69, 9.17) is 0 Å². The average Bonchev–Trinajstić information content (AvgIpc) is 2.68. The van der Waals surface area contributed by atoms with Gasteiger partial charge in [-0.15, -0.1) is 0 Å². The Morgan fingerprint density at radius 3 is 2.58 bits per heavy atom. The molecule has 7 nitrogen and oxygen atoms in total. The molecule has 1 aliphatic heterocycles. The Morgan fingerprint density at radius 2 is 1.81 bits per heavy atom. The lowest BCUT2D eigenvalue weighted by molar-refractivity contribution is -0.116. The Labute approximate surface area is 149 Å². The number of para-hydroxylation sites is 1. The smallest absolute Gasteiger partial charge is 0.254 e. The summed E-state index contributed by atoms with van der Waals surface area (Å²) < 4.78 is 0. The summed E-state index contributed by atoms with van der Waals surface area (Å²) in [6.45, 7) is 0. The van der Waals surface area contributed by atoms with Gasteiger partial charge in [-0.2, -0.15) is 0 Å². The van der Waals surface area contributed by atoms with E-state index in [2.05, 4.69) is 25.6 Å². The molecule has 0 aliphatic carbocycles. The highest BCUT2D eigenvalue weighted by Gasteiger charge is 2.26. The van der Waals surface area contributed by atoms with E-state index in [-0.39, 0.29) is 24.3 Å². The SMILES string of the molecule is O=C1C[C@@H](NC(=O)c2cnc(-c3ccncc3)nc2)c2ccccc2N1. The van der Waals surface area contributed by atoms with Crippen molar-refractivity contribution < 1.29 is 9.59 Å². The van der Waals surface area contributed by atoms with E-state index in [1.165, 1.54) is 12.4 Å².